The maximum Gasteiger partial charge on any atom is 0.313 e. The average molecular weight is 307 g/mol. The third-order valence-electron chi connectivity index (χ3n) is 2.60. The van der Waals surface area contributed by atoms with Crippen LogP contribution in [0.4, 0.5) is 5.69 Å². The van der Waals surface area contributed by atoms with Gasteiger partial charge in [-0.15, -0.1) is 0 Å². The van der Waals surface area contributed by atoms with Crippen molar-refractivity contribution >= 4 is 23.4 Å². The number of benzene rings is 1. The Hall–Kier alpha value is -2.41. The average Bonchev–Trinajstić information content (AvgIpc) is 2.44. The summed E-state index contributed by atoms with van der Waals surface area (Å²) in [7, 11) is 0. The van der Waals surface area contributed by atoms with Crippen molar-refractivity contribution in [3.63, 3.8) is 0 Å². The van der Waals surface area contributed by atoms with E-state index in [0.717, 1.165) is 0 Å². The van der Waals surface area contributed by atoms with E-state index in [9.17, 15) is 14.4 Å². The molecule has 7 heteroatoms. The normalized spacial score (nSPS) is 11.7. The fraction of sp³-hybridized carbons (Fsp3) is 0.400. The first kappa shape index (κ1) is 17.6. The number of carbonyl (C=O) groups is 3. The summed E-state index contributed by atoms with van der Waals surface area (Å²) in [5.74, 6) is -2.11. The Balaban J connectivity index is 2.79. The van der Waals surface area contributed by atoms with E-state index in [1.807, 2.05) is 13.8 Å². The topological polar surface area (TPSA) is 108 Å². The van der Waals surface area contributed by atoms with Gasteiger partial charge in [0.2, 0.25) is 0 Å². The molecular weight excluding hydrogens is 286 g/mol. The van der Waals surface area contributed by atoms with Gasteiger partial charge in [-0.1, -0.05) is 12.1 Å². The number of anilines is 1. The lowest BCUT2D eigenvalue weighted by molar-refractivity contribution is -0.136. The van der Waals surface area contributed by atoms with E-state index in [1.165, 1.54) is 13.0 Å². The number of para-hydroxylation sites is 1. The first-order valence-electron chi connectivity index (χ1n) is 6.98. The van der Waals surface area contributed by atoms with Gasteiger partial charge in [-0.25, -0.2) is 0 Å². The van der Waals surface area contributed by atoms with E-state index in [-0.39, 0.29) is 29.7 Å². The molecule has 0 radical (unpaired) electrons. The summed E-state index contributed by atoms with van der Waals surface area (Å²) >= 11 is 0. The molecule has 1 aromatic carbocycles. The molecule has 0 fully saturated rings. The van der Waals surface area contributed by atoms with Crippen LogP contribution in [0.5, 0.6) is 0 Å². The summed E-state index contributed by atoms with van der Waals surface area (Å²) in [6, 6.07) is 6.36. The van der Waals surface area contributed by atoms with Gasteiger partial charge >= 0.3 is 11.8 Å². The summed E-state index contributed by atoms with van der Waals surface area (Å²) in [6.07, 6.45) is -0.749. The van der Waals surface area contributed by atoms with Gasteiger partial charge in [0.15, 0.2) is 0 Å². The minimum atomic E-state index is -0.898. The number of carbonyl (C=O) groups excluding carboxylic acids is 3. The van der Waals surface area contributed by atoms with Gasteiger partial charge in [-0.2, -0.15) is 0 Å². The van der Waals surface area contributed by atoms with Crippen molar-refractivity contribution in [1.82, 2.24) is 10.6 Å². The summed E-state index contributed by atoms with van der Waals surface area (Å²) < 4.78 is 0. The van der Waals surface area contributed by atoms with Gasteiger partial charge in [-0.05, 0) is 32.9 Å². The van der Waals surface area contributed by atoms with Crippen molar-refractivity contribution in [2.75, 3.05) is 11.9 Å². The van der Waals surface area contributed by atoms with Crippen LogP contribution in [0.25, 0.3) is 0 Å². The first-order valence-corrected chi connectivity index (χ1v) is 6.98. The van der Waals surface area contributed by atoms with Crippen LogP contribution in [-0.4, -0.2) is 41.5 Å². The second-order valence-corrected chi connectivity index (χ2v) is 5.19. The molecule has 1 aromatic rings. The number of nitrogens with one attached hydrogen (secondary N) is 3. The Morgan fingerprint density at radius 1 is 1.09 bits per heavy atom. The lowest BCUT2D eigenvalue weighted by Crippen LogP contribution is -2.39. The highest BCUT2D eigenvalue weighted by atomic mass is 16.3. The zero-order valence-electron chi connectivity index (χ0n) is 12.8. The van der Waals surface area contributed by atoms with Gasteiger partial charge < -0.3 is 21.1 Å². The van der Waals surface area contributed by atoms with E-state index in [1.54, 1.807) is 18.2 Å². The first-order chi connectivity index (χ1) is 10.3. The Morgan fingerprint density at radius 3 is 2.32 bits per heavy atom. The predicted molar refractivity (Wildman–Crippen MR) is 82.4 cm³/mol. The van der Waals surface area contributed by atoms with Crippen molar-refractivity contribution in [3.8, 4) is 0 Å². The second-order valence-electron chi connectivity index (χ2n) is 5.19. The van der Waals surface area contributed by atoms with Gasteiger partial charge in [0.1, 0.15) is 0 Å². The van der Waals surface area contributed by atoms with Gasteiger partial charge in [0.25, 0.3) is 5.91 Å². The van der Waals surface area contributed by atoms with Crippen molar-refractivity contribution in [2.45, 2.75) is 32.9 Å². The molecule has 120 valence electrons. The van der Waals surface area contributed by atoms with Crippen molar-refractivity contribution in [1.29, 1.82) is 0 Å². The molecular formula is C15H21N3O4. The Kier molecular flexibility index (Phi) is 6.52. The number of aliphatic hydroxyl groups excluding tert-OH is 1. The van der Waals surface area contributed by atoms with Gasteiger partial charge in [0, 0.05) is 12.6 Å². The summed E-state index contributed by atoms with van der Waals surface area (Å²) in [4.78, 5) is 35.4. The highest BCUT2D eigenvalue weighted by Gasteiger charge is 2.18. The fourth-order valence-electron chi connectivity index (χ4n) is 1.63. The van der Waals surface area contributed by atoms with Crippen LogP contribution >= 0.6 is 0 Å². The molecule has 0 unspecified atom stereocenters. The van der Waals surface area contributed by atoms with Crippen LogP contribution in [0.15, 0.2) is 24.3 Å². The van der Waals surface area contributed by atoms with Gasteiger partial charge in [0.05, 0.1) is 17.4 Å². The number of rotatable bonds is 5. The summed E-state index contributed by atoms with van der Waals surface area (Å²) in [5.41, 5.74) is 0.519. The Bertz CT molecular complexity index is 555. The zero-order chi connectivity index (χ0) is 16.7. The largest absolute Gasteiger partial charge is 0.392 e. The molecule has 0 spiro atoms. The van der Waals surface area contributed by atoms with Crippen LogP contribution in [0.1, 0.15) is 31.1 Å². The number of aliphatic hydroxyl groups is 1. The van der Waals surface area contributed by atoms with Gasteiger partial charge in [-0.3, -0.25) is 14.4 Å². The molecule has 22 heavy (non-hydrogen) atoms. The third kappa shape index (κ3) is 5.53. The molecule has 0 aliphatic heterocycles. The van der Waals surface area contributed by atoms with E-state index >= 15 is 0 Å². The lowest BCUT2D eigenvalue weighted by atomic mass is 10.1. The van der Waals surface area contributed by atoms with Crippen molar-refractivity contribution in [3.05, 3.63) is 29.8 Å². The molecule has 0 saturated heterocycles. The zero-order valence-corrected chi connectivity index (χ0v) is 12.8. The highest BCUT2D eigenvalue weighted by molar-refractivity contribution is 6.40. The van der Waals surface area contributed by atoms with Crippen molar-refractivity contribution < 1.29 is 19.5 Å². The summed E-state index contributed by atoms with van der Waals surface area (Å²) in [5, 5.41) is 16.5. The molecule has 0 aromatic heterocycles. The third-order valence-corrected chi connectivity index (χ3v) is 2.60. The molecule has 1 rings (SSSR count). The maximum absolute atomic E-state index is 12.0. The smallest absolute Gasteiger partial charge is 0.313 e. The predicted octanol–water partition coefficient (Wildman–Crippen LogP) is 0.260. The standard InChI is InChI=1S/C15H21N3O4/c1-9(2)17-13(20)11-6-4-5-7-12(11)18-15(22)14(21)16-8-10(3)19/h4-7,9-10,19H,8H2,1-3H3,(H,16,21)(H,17,20)(H,18,22)/t10-/m1/s1. The Morgan fingerprint density at radius 2 is 1.73 bits per heavy atom. The molecule has 1 atom stereocenters. The summed E-state index contributed by atoms with van der Waals surface area (Å²) in [6.45, 7) is 5.11. The van der Waals surface area contributed by atoms with Crippen LogP contribution in [0.2, 0.25) is 0 Å². The molecule has 0 aliphatic carbocycles. The van der Waals surface area contributed by atoms with Crippen LogP contribution in [0.3, 0.4) is 0 Å². The van der Waals surface area contributed by atoms with Crippen molar-refractivity contribution in [2.24, 2.45) is 0 Å². The molecule has 4 N–H and O–H groups in total. The monoisotopic (exact) mass is 307 g/mol. The highest BCUT2D eigenvalue weighted by Crippen LogP contribution is 2.15. The maximum atomic E-state index is 12.0. The minimum absolute atomic E-state index is 0.0261. The van der Waals surface area contributed by atoms with E-state index < -0.39 is 17.9 Å². The minimum Gasteiger partial charge on any atom is -0.392 e. The molecule has 0 bridgehead atoms. The second kappa shape index (κ2) is 8.14. The quantitative estimate of drug-likeness (QED) is 0.585. The van der Waals surface area contributed by atoms with Crippen LogP contribution in [-0.2, 0) is 9.59 Å². The van der Waals surface area contributed by atoms with E-state index in [2.05, 4.69) is 16.0 Å². The Labute approximate surface area is 129 Å². The fourth-order valence-corrected chi connectivity index (χ4v) is 1.63. The molecule has 3 amide bonds. The van der Waals surface area contributed by atoms with Crippen LogP contribution < -0.4 is 16.0 Å². The number of amides is 3. The number of hydrogen-bond acceptors (Lipinski definition) is 4. The lowest BCUT2D eigenvalue weighted by Gasteiger charge is -2.13. The van der Waals surface area contributed by atoms with E-state index in [0.29, 0.717) is 0 Å². The number of hydrogen-bond donors (Lipinski definition) is 4. The molecule has 0 aliphatic rings. The molecule has 0 heterocycles. The SMILES string of the molecule is CC(C)NC(=O)c1ccccc1NC(=O)C(=O)NC[C@@H](C)O. The molecule has 7 nitrogen and oxygen atoms in total. The van der Waals surface area contributed by atoms with Crippen LogP contribution in [0, 0.1) is 0 Å². The molecule has 0 saturated carbocycles. The van der Waals surface area contributed by atoms with E-state index in [4.69, 9.17) is 5.11 Å².